The number of aromatic nitrogens is 6. The summed E-state index contributed by atoms with van der Waals surface area (Å²) in [6, 6.07) is 13.0. The summed E-state index contributed by atoms with van der Waals surface area (Å²) in [5.74, 6) is 3.71. The summed E-state index contributed by atoms with van der Waals surface area (Å²) in [7, 11) is 0. The fourth-order valence-corrected chi connectivity index (χ4v) is 3.94. The summed E-state index contributed by atoms with van der Waals surface area (Å²) < 4.78 is 4.29. The smallest absolute Gasteiger partial charge is 0.178 e. The molecule has 130 valence electrons. The Morgan fingerprint density at radius 2 is 1.85 bits per heavy atom. The van der Waals surface area contributed by atoms with Crippen LogP contribution in [0.2, 0.25) is 0 Å². The Kier molecular flexibility index (Phi) is 2.75. The van der Waals surface area contributed by atoms with Gasteiger partial charge in [-0.3, -0.25) is 0 Å². The third-order valence-corrected chi connectivity index (χ3v) is 5.52. The highest BCUT2D eigenvalue weighted by atomic mass is 15.4. The first-order chi connectivity index (χ1) is 12.8. The lowest BCUT2D eigenvalue weighted by molar-refractivity contribution is 0.394. The first-order valence-electron chi connectivity index (χ1n) is 9.19. The number of hydrogen-bond donors (Lipinski definition) is 0. The molecule has 4 aromatic rings. The number of nitrogens with zero attached hydrogens (tertiary/aromatic N) is 7. The predicted octanol–water partition coefficient (Wildman–Crippen LogP) is 2.72. The molecular weight excluding hydrogens is 326 g/mol. The highest BCUT2D eigenvalue weighted by Crippen LogP contribution is 2.43. The largest absolute Gasteiger partial charge is 0.351 e. The summed E-state index contributed by atoms with van der Waals surface area (Å²) in [6.45, 7) is 3.84. The van der Waals surface area contributed by atoms with Gasteiger partial charge in [-0.2, -0.15) is 4.52 Å². The van der Waals surface area contributed by atoms with E-state index in [4.69, 9.17) is 10.1 Å². The van der Waals surface area contributed by atoms with Crippen molar-refractivity contribution in [3.63, 3.8) is 0 Å². The molecule has 0 spiro atoms. The van der Waals surface area contributed by atoms with E-state index in [1.807, 2.05) is 23.6 Å². The fraction of sp³-hybridized carbons (Fsp3) is 0.368. The molecule has 7 heteroatoms. The van der Waals surface area contributed by atoms with Gasteiger partial charge in [0.25, 0.3) is 0 Å². The number of para-hydroxylation sites is 2. The van der Waals surface area contributed by atoms with Crippen molar-refractivity contribution >= 4 is 22.5 Å². The van der Waals surface area contributed by atoms with Gasteiger partial charge in [-0.1, -0.05) is 12.1 Å². The molecule has 0 atom stereocenters. The topological polar surface area (TPSA) is 64.1 Å². The zero-order valence-corrected chi connectivity index (χ0v) is 14.6. The van der Waals surface area contributed by atoms with Crippen molar-refractivity contribution in [3.8, 4) is 0 Å². The van der Waals surface area contributed by atoms with Crippen molar-refractivity contribution in [1.29, 1.82) is 0 Å². The van der Waals surface area contributed by atoms with Gasteiger partial charge in [0.2, 0.25) is 0 Å². The van der Waals surface area contributed by atoms with E-state index >= 15 is 0 Å². The van der Waals surface area contributed by atoms with E-state index in [1.165, 1.54) is 24.2 Å². The monoisotopic (exact) mass is 345 g/mol. The Labute approximate surface area is 150 Å². The molecule has 0 N–H and O–H groups in total. The van der Waals surface area contributed by atoms with E-state index in [1.54, 1.807) is 0 Å². The molecular formula is C19H19N7. The van der Waals surface area contributed by atoms with Gasteiger partial charge in [-0.05, 0) is 44.0 Å². The van der Waals surface area contributed by atoms with Gasteiger partial charge in [-0.15, -0.1) is 15.3 Å². The number of fused-ring (bicyclic) bond motifs is 2. The van der Waals surface area contributed by atoms with Crippen molar-refractivity contribution in [2.24, 2.45) is 0 Å². The van der Waals surface area contributed by atoms with Crippen LogP contribution in [0.5, 0.6) is 0 Å². The molecule has 0 amide bonds. The van der Waals surface area contributed by atoms with Gasteiger partial charge in [0.1, 0.15) is 11.6 Å². The van der Waals surface area contributed by atoms with Crippen molar-refractivity contribution in [2.75, 3.05) is 18.0 Å². The number of benzene rings is 1. The van der Waals surface area contributed by atoms with Gasteiger partial charge < -0.3 is 9.47 Å². The molecule has 7 nitrogen and oxygen atoms in total. The minimum atomic E-state index is 0.456. The minimum absolute atomic E-state index is 0.456. The highest BCUT2D eigenvalue weighted by molar-refractivity contribution is 5.76. The number of anilines is 1. The first-order valence-corrected chi connectivity index (χ1v) is 9.19. The molecule has 3 aromatic heterocycles. The van der Waals surface area contributed by atoms with Crippen molar-refractivity contribution in [1.82, 2.24) is 29.4 Å². The molecule has 1 saturated carbocycles. The Balaban J connectivity index is 1.33. The van der Waals surface area contributed by atoms with Crippen LogP contribution in [0, 0.1) is 6.92 Å². The highest BCUT2D eigenvalue weighted by Gasteiger charge is 2.36. The average molecular weight is 345 g/mol. The van der Waals surface area contributed by atoms with E-state index in [0.717, 1.165) is 35.9 Å². The molecule has 1 aromatic carbocycles. The van der Waals surface area contributed by atoms with Crippen LogP contribution >= 0.6 is 0 Å². The molecule has 4 heterocycles. The van der Waals surface area contributed by atoms with Crippen LogP contribution in [0.3, 0.4) is 0 Å². The molecule has 26 heavy (non-hydrogen) atoms. The maximum atomic E-state index is 4.93. The standard InChI is InChI=1S/C19H19N7/c1-12-21-22-17-8-9-18(23-26(12)17)24-10-14(11-24)25-16-5-3-2-4-15(16)20-19(25)13-6-7-13/h2-5,8-9,13-14H,6-7,10-11H2,1H3. The first kappa shape index (κ1) is 14.2. The van der Waals surface area contributed by atoms with Crippen molar-refractivity contribution in [3.05, 3.63) is 48.0 Å². The minimum Gasteiger partial charge on any atom is -0.351 e. The normalized spacial score (nSPS) is 18.0. The van der Waals surface area contributed by atoms with Crippen LogP contribution in [-0.4, -0.2) is 42.5 Å². The summed E-state index contributed by atoms with van der Waals surface area (Å²) in [5, 5.41) is 12.9. The van der Waals surface area contributed by atoms with Crippen LogP contribution < -0.4 is 4.90 Å². The number of imidazole rings is 1. The maximum absolute atomic E-state index is 4.93. The lowest BCUT2D eigenvalue weighted by Gasteiger charge is -2.41. The Hall–Kier alpha value is -2.96. The third kappa shape index (κ3) is 2.00. The SMILES string of the molecule is Cc1nnc2ccc(N3CC(n4c(C5CC5)nc5ccccc54)C3)nn12. The molecule has 2 aliphatic rings. The molecule has 6 rings (SSSR count). The fourth-order valence-electron chi connectivity index (χ4n) is 3.94. The molecule has 1 aliphatic carbocycles. The zero-order chi connectivity index (χ0) is 17.3. The van der Waals surface area contributed by atoms with E-state index in [2.05, 4.69) is 43.9 Å². The summed E-state index contributed by atoms with van der Waals surface area (Å²) in [5.41, 5.74) is 3.17. The van der Waals surface area contributed by atoms with E-state index < -0.39 is 0 Å². The van der Waals surface area contributed by atoms with Gasteiger partial charge in [0, 0.05) is 19.0 Å². The number of rotatable bonds is 3. The number of hydrogen-bond acceptors (Lipinski definition) is 5. The zero-order valence-electron chi connectivity index (χ0n) is 14.6. The lowest BCUT2D eigenvalue weighted by atomic mass is 10.1. The molecule has 1 saturated heterocycles. The second-order valence-electron chi connectivity index (χ2n) is 7.37. The van der Waals surface area contributed by atoms with Crippen LogP contribution in [0.4, 0.5) is 5.82 Å². The summed E-state index contributed by atoms with van der Waals surface area (Å²) >= 11 is 0. The quantitative estimate of drug-likeness (QED) is 0.571. The average Bonchev–Trinajstić information content (AvgIpc) is 3.32. The second kappa shape index (κ2) is 5.03. The number of aryl methyl sites for hydroxylation is 1. The van der Waals surface area contributed by atoms with E-state index in [-0.39, 0.29) is 0 Å². The van der Waals surface area contributed by atoms with E-state index in [0.29, 0.717) is 12.0 Å². The lowest BCUT2D eigenvalue weighted by Crippen LogP contribution is -2.48. The van der Waals surface area contributed by atoms with Crippen molar-refractivity contribution in [2.45, 2.75) is 31.7 Å². The summed E-state index contributed by atoms with van der Waals surface area (Å²) in [4.78, 5) is 7.24. The molecule has 0 bridgehead atoms. The second-order valence-corrected chi connectivity index (χ2v) is 7.37. The van der Waals surface area contributed by atoms with Crippen molar-refractivity contribution < 1.29 is 0 Å². The Morgan fingerprint density at radius 1 is 1.00 bits per heavy atom. The third-order valence-electron chi connectivity index (χ3n) is 5.52. The predicted molar refractivity (Wildman–Crippen MR) is 98.5 cm³/mol. The van der Waals surface area contributed by atoms with Gasteiger partial charge >= 0.3 is 0 Å². The summed E-state index contributed by atoms with van der Waals surface area (Å²) in [6.07, 6.45) is 2.54. The van der Waals surface area contributed by atoms with Crippen LogP contribution in [0.25, 0.3) is 16.7 Å². The van der Waals surface area contributed by atoms with Gasteiger partial charge in [-0.25, -0.2) is 4.98 Å². The van der Waals surface area contributed by atoms with Gasteiger partial charge in [0.15, 0.2) is 11.5 Å². The van der Waals surface area contributed by atoms with E-state index in [9.17, 15) is 0 Å². The van der Waals surface area contributed by atoms with Gasteiger partial charge in [0.05, 0.1) is 17.1 Å². The van der Waals surface area contributed by atoms with Crippen LogP contribution in [-0.2, 0) is 0 Å². The van der Waals surface area contributed by atoms with Crippen LogP contribution in [0.1, 0.15) is 36.5 Å². The maximum Gasteiger partial charge on any atom is 0.178 e. The Bertz CT molecular complexity index is 1130. The Morgan fingerprint density at radius 3 is 2.69 bits per heavy atom. The molecule has 0 unspecified atom stereocenters. The molecule has 1 aliphatic heterocycles. The molecule has 0 radical (unpaired) electrons. The van der Waals surface area contributed by atoms with Crippen LogP contribution in [0.15, 0.2) is 36.4 Å². The molecule has 2 fully saturated rings.